The molecule has 36 heavy (non-hydrogen) atoms. The van der Waals surface area contributed by atoms with Crippen LogP contribution in [0.15, 0.2) is 84.9 Å². The predicted octanol–water partition coefficient (Wildman–Crippen LogP) is 7.11. The van der Waals surface area contributed by atoms with Crippen LogP contribution in [0.25, 0.3) is 11.1 Å². The van der Waals surface area contributed by atoms with Gasteiger partial charge in [-0.3, -0.25) is 0 Å². The molecule has 0 heterocycles. The third-order valence-corrected chi connectivity index (χ3v) is 5.70. The molecule has 0 aliphatic rings. The number of carbonyl (C=O) groups excluding carboxylic acids is 1. The van der Waals surface area contributed by atoms with E-state index in [9.17, 15) is 14.7 Å². The zero-order valence-electron chi connectivity index (χ0n) is 20.2. The number of carboxylic acids is 1. The molecule has 0 bridgehead atoms. The molecule has 4 rings (SSSR count). The number of hydrogen-bond donors (Lipinski definition) is 3. The Morgan fingerprint density at radius 2 is 1.31 bits per heavy atom. The summed E-state index contributed by atoms with van der Waals surface area (Å²) in [6.07, 6.45) is 0. The fourth-order valence-corrected chi connectivity index (χ4v) is 3.73. The molecular weight excluding hydrogens is 456 g/mol. The van der Waals surface area contributed by atoms with Crippen LogP contribution in [0.1, 0.15) is 21.5 Å². The number of benzene rings is 4. The van der Waals surface area contributed by atoms with Gasteiger partial charge in [-0.25, -0.2) is 9.59 Å². The average molecular weight is 483 g/mol. The van der Waals surface area contributed by atoms with Gasteiger partial charge in [0.15, 0.2) is 5.75 Å². The van der Waals surface area contributed by atoms with E-state index in [0.29, 0.717) is 34.0 Å². The van der Waals surface area contributed by atoms with E-state index >= 15 is 0 Å². The molecule has 0 aromatic heterocycles. The molecule has 0 fully saturated rings. The van der Waals surface area contributed by atoms with Crippen molar-refractivity contribution in [3.63, 3.8) is 0 Å². The van der Waals surface area contributed by atoms with Crippen LogP contribution in [0.2, 0.25) is 0 Å². The summed E-state index contributed by atoms with van der Waals surface area (Å²) in [6.45, 7) is 3.85. The summed E-state index contributed by atoms with van der Waals surface area (Å²) in [6, 6.07) is 24.8. The van der Waals surface area contributed by atoms with E-state index in [-0.39, 0.29) is 11.3 Å². The van der Waals surface area contributed by atoms with Crippen LogP contribution in [0.5, 0.6) is 17.2 Å². The zero-order valence-corrected chi connectivity index (χ0v) is 20.2. The van der Waals surface area contributed by atoms with Gasteiger partial charge >= 0.3 is 12.0 Å². The second-order valence-electron chi connectivity index (χ2n) is 8.19. The van der Waals surface area contributed by atoms with E-state index in [0.717, 1.165) is 11.1 Å². The van der Waals surface area contributed by atoms with Gasteiger partial charge in [0.25, 0.3) is 0 Å². The molecule has 2 amide bonds. The minimum absolute atomic E-state index is 0.0436. The molecule has 182 valence electrons. The predicted molar refractivity (Wildman–Crippen MR) is 140 cm³/mol. The van der Waals surface area contributed by atoms with Gasteiger partial charge in [0, 0.05) is 5.69 Å². The molecule has 0 atom stereocenters. The Morgan fingerprint density at radius 1 is 0.694 bits per heavy atom. The fraction of sp³-hybridized carbons (Fsp3) is 0.103. The highest BCUT2D eigenvalue weighted by Crippen LogP contribution is 2.36. The maximum Gasteiger partial charge on any atom is 0.339 e. The van der Waals surface area contributed by atoms with E-state index in [1.807, 2.05) is 68.4 Å². The standard InChI is InChI=1S/C29H26N2O5/c1-18-8-4-6-10-23(18)30-29(34)31-24-17-21(20-12-14-26(35-3)22(16-20)28(32)33)13-15-27(24)36-25-11-7-5-9-19(25)2/h4-17H,1-3H3,(H,32,33)(H2,30,31,34). The van der Waals surface area contributed by atoms with E-state index in [4.69, 9.17) is 9.47 Å². The Balaban J connectivity index is 1.71. The number of methoxy groups -OCH3 is 1. The van der Waals surface area contributed by atoms with Crippen molar-refractivity contribution in [1.82, 2.24) is 0 Å². The number of para-hydroxylation sites is 2. The highest BCUT2D eigenvalue weighted by Gasteiger charge is 2.16. The van der Waals surface area contributed by atoms with Crippen LogP contribution >= 0.6 is 0 Å². The Morgan fingerprint density at radius 3 is 1.97 bits per heavy atom. The first kappa shape index (κ1) is 24.3. The summed E-state index contributed by atoms with van der Waals surface area (Å²) >= 11 is 0. The highest BCUT2D eigenvalue weighted by atomic mass is 16.5. The maximum atomic E-state index is 12.9. The van der Waals surface area contributed by atoms with Crippen molar-refractivity contribution in [2.75, 3.05) is 17.7 Å². The number of aromatic carboxylic acids is 1. The lowest BCUT2D eigenvalue weighted by Crippen LogP contribution is -2.20. The molecule has 4 aromatic carbocycles. The zero-order chi connectivity index (χ0) is 25.7. The average Bonchev–Trinajstić information content (AvgIpc) is 2.87. The number of rotatable bonds is 7. The first-order valence-electron chi connectivity index (χ1n) is 11.3. The Hall–Kier alpha value is -4.78. The summed E-state index contributed by atoms with van der Waals surface area (Å²) in [5.74, 6) is 0.274. The number of urea groups is 1. The van der Waals surface area contributed by atoms with Gasteiger partial charge in [-0.1, -0.05) is 48.5 Å². The van der Waals surface area contributed by atoms with Crippen LogP contribution in [0.4, 0.5) is 16.2 Å². The van der Waals surface area contributed by atoms with E-state index in [2.05, 4.69) is 10.6 Å². The van der Waals surface area contributed by atoms with Gasteiger partial charge in [-0.15, -0.1) is 0 Å². The maximum absolute atomic E-state index is 12.9. The fourth-order valence-electron chi connectivity index (χ4n) is 3.73. The van der Waals surface area contributed by atoms with Gasteiger partial charge < -0.3 is 25.2 Å². The molecule has 0 saturated carbocycles. The van der Waals surface area contributed by atoms with Crippen LogP contribution in [0.3, 0.4) is 0 Å². The molecule has 4 aromatic rings. The molecule has 0 aliphatic carbocycles. The topological polar surface area (TPSA) is 96.9 Å². The molecule has 0 unspecified atom stereocenters. The molecule has 0 radical (unpaired) electrons. The van der Waals surface area contributed by atoms with Crippen LogP contribution in [-0.2, 0) is 0 Å². The number of ether oxygens (including phenoxy) is 2. The van der Waals surface area contributed by atoms with E-state index in [1.54, 1.807) is 24.3 Å². The van der Waals surface area contributed by atoms with Crippen LogP contribution < -0.4 is 20.1 Å². The van der Waals surface area contributed by atoms with Crippen molar-refractivity contribution in [3.8, 4) is 28.4 Å². The van der Waals surface area contributed by atoms with Crippen molar-refractivity contribution in [3.05, 3.63) is 102 Å². The van der Waals surface area contributed by atoms with E-state index < -0.39 is 12.0 Å². The number of nitrogens with one attached hydrogen (secondary N) is 2. The molecular formula is C29H26N2O5. The minimum atomic E-state index is -1.09. The number of carbonyl (C=O) groups is 2. The van der Waals surface area contributed by atoms with Gasteiger partial charge in [0.2, 0.25) is 0 Å². The Kier molecular flexibility index (Phi) is 7.20. The van der Waals surface area contributed by atoms with Gasteiger partial charge in [0.05, 0.1) is 12.8 Å². The second kappa shape index (κ2) is 10.7. The largest absolute Gasteiger partial charge is 0.496 e. The molecule has 0 aliphatic heterocycles. The number of anilines is 2. The van der Waals surface area contributed by atoms with E-state index in [1.165, 1.54) is 13.2 Å². The van der Waals surface area contributed by atoms with Gasteiger partial charge in [-0.05, 0) is 72.5 Å². The number of carboxylic acid groups (broad SMARTS) is 1. The second-order valence-corrected chi connectivity index (χ2v) is 8.19. The van der Waals surface area contributed by atoms with Gasteiger partial charge in [-0.2, -0.15) is 0 Å². The molecule has 7 heteroatoms. The summed E-state index contributed by atoms with van der Waals surface area (Å²) < 4.78 is 11.3. The van der Waals surface area contributed by atoms with Crippen LogP contribution in [0, 0.1) is 13.8 Å². The first-order chi connectivity index (χ1) is 17.4. The van der Waals surface area contributed by atoms with Crippen molar-refractivity contribution in [2.24, 2.45) is 0 Å². The van der Waals surface area contributed by atoms with Crippen molar-refractivity contribution < 1.29 is 24.2 Å². The third kappa shape index (κ3) is 5.47. The minimum Gasteiger partial charge on any atom is -0.496 e. The molecule has 3 N–H and O–H groups in total. The SMILES string of the molecule is COc1ccc(-c2ccc(Oc3ccccc3C)c(NC(=O)Nc3ccccc3C)c2)cc1C(=O)O. The lowest BCUT2D eigenvalue weighted by atomic mass is 10.0. The lowest BCUT2D eigenvalue weighted by Gasteiger charge is -2.16. The summed E-state index contributed by atoms with van der Waals surface area (Å²) in [5, 5.41) is 15.3. The number of aryl methyl sites for hydroxylation is 2. The normalized spacial score (nSPS) is 10.4. The summed E-state index contributed by atoms with van der Waals surface area (Å²) in [7, 11) is 1.42. The number of amides is 2. The monoisotopic (exact) mass is 482 g/mol. The summed E-state index contributed by atoms with van der Waals surface area (Å²) in [5.41, 5.74) is 4.38. The first-order valence-corrected chi connectivity index (χ1v) is 11.3. The lowest BCUT2D eigenvalue weighted by molar-refractivity contribution is 0.0693. The third-order valence-electron chi connectivity index (χ3n) is 5.70. The smallest absolute Gasteiger partial charge is 0.339 e. The van der Waals surface area contributed by atoms with Crippen molar-refractivity contribution in [1.29, 1.82) is 0 Å². The van der Waals surface area contributed by atoms with Gasteiger partial charge in [0.1, 0.15) is 17.1 Å². The van der Waals surface area contributed by atoms with Crippen molar-refractivity contribution in [2.45, 2.75) is 13.8 Å². The highest BCUT2D eigenvalue weighted by molar-refractivity contribution is 6.01. The molecule has 7 nitrogen and oxygen atoms in total. The van der Waals surface area contributed by atoms with Crippen LogP contribution in [-0.4, -0.2) is 24.2 Å². The Bertz CT molecular complexity index is 1430. The summed E-state index contributed by atoms with van der Waals surface area (Å²) in [4.78, 5) is 24.6. The van der Waals surface area contributed by atoms with Crippen molar-refractivity contribution >= 4 is 23.4 Å². The molecule has 0 spiro atoms. The molecule has 0 saturated heterocycles. The quantitative estimate of drug-likeness (QED) is 0.261. The number of hydrogen-bond acceptors (Lipinski definition) is 4. The Labute approximate surface area is 209 Å².